The molecule has 0 fully saturated rings. The molecule has 0 spiro atoms. The molecule has 21 heavy (non-hydrogen) atoms. The van der Waals surface area contributed by atoms with Crippen molar-refractivity contribution in [1.82, 2.24) is 0 Å². The molecule has 0 aliphatic heterocycles. The summed E-state index contributed by atoms with van der Waals surface area (Å²) < 4.78 is 24.5. The molecule has 2 nitrogen and oxygen atoms in total. The molecule has 0 saturated carbocycles. The maximum Gasteiger partial charge on any atom is 0.162 e. The molecule has 0 radical (unpaired) electrons. The molecule has 0 aliphatic rings. The summed E-state index contributed by atoms with van der Waals surface area (Å²) >= 11 is 9.80. The predicted octanol–water partition coefficient (Wildman–Crippen LogP) is 5.29. The van der Waals surface area contributed by atoms with E-state index in [1.807, 2.05) is 6.92 Å². The number of hydrogen-bond donors (Lipinski definition) is 0. The van der Waals surface area contributed by atoms with Crippen LogP contribution in [0.4, 0.5) is 4.39 Å². The summed E-state index contributed by atoms with van der Waals surface area (Å²) in [6, 6.07) is 8.39. The Balaban J connectivity index is 2.52. The highest BCUT2D eigenvalue weighted by Crippen LogP contribution is 2.42. The van der Waals surface area contributed by atoms with Crippen LogP contribution in [0.3, 0.4) is 0 Å². The van der Waals surface area contributed by atoms with E-state index in [1.165, 1.54) is 6.07 Å². The standard InChI is InChI=1S/C16H15BrClFO2/c1-9-4-5-13(19)11(6-9)16(17)10-7-14(20-2)15(21-3)8-12(10)18/h4-8,16H,1-3H3. The molecular formula is C16H15BrClFO2. The first-order valence-corrected chi connectivity index (χ1v) is 7.58. The molecule has 5 heteroatoms. The van der Waals surface area contributed by atoms with E-state index in [2.05, 4.69) is 15.9 Å². The van der Waals surface area contributed by atoms with Gasteiger partial charge in [-0.3, -0.25) is 0 Å². The summed E-state index contributed by atoms with van der Waals surface area (Å²) in [4.78, 5) is -0.371. The minimum Gasteiger partial charge on any atom is -0.493 e. The summed E-state index contributed by atoms with van der Waals surface area (Å²) in [5.74, 6) is 0.804. The molecule has 2 aromatic carbocycles. The summed E-state index contributed by atoms with van der Waals surface area (Å²) in [5, 5.41) is 0.482. The number of hydrogen-bond acceptors (Lipinski definition) is 2. The van der Waals surface area contributed by atoms with Gasteiger partial charge in [-0.2, -0.15) is 0 Å². The Kier molecular flexibility index (Phi) is 5.12. The van der Waals surface area contributed by atoms with Gasteiger partial charge in [0, 0.05) is 16.7 Å². The first kappa shape index (κ1) is 16.1. The fraction of sp³-hybridized carbons (Fsp3) is 0.250. The molecule has 1 atom stereocenters. The number of halogens is 3. The zero-order valence-corrected chi connectivity index (χ0v) is 14.3. The number of aryl methyl sites for hydroxylation is 1. The zero-order valence-electron chi connectivity index (χ0n) is 11.9. The second-order valence-corrected chi connectivity index (χ2v) is 5.94. The van der Waals surface area contributed by atoms with Gasteiger partial charge in [0.05, 0.1) is 19.0 Å². The Labute approximate surface area is 137 Å². The summed E-state index contributed by atoms with van der Waals surface area (Å²) in [7, 11) is 3.09. The SMILES string of the molecule is COc1cc(Cl)c(C(Br)c2cc(C)ccc2F)cc1OC. The lowest BCUT2D eigenvalue weighted by atomic mass is 10.0. The van der Waals surface area contributed by atoms with Gasteiger partial charge in [-0.05, 0) is 24.6 Å². The second-order valence-electron chi connectivity index (χ2n) is 4.62. The number of benzene rings is 2. The topological polar surface area (TPSA) is 18.5 Å². The lowest BCUT2D eigenvalue weighted by molar-refractivity contribution is 0.354. The largest absolute Gasteiger partial charge is 0.493 e. The van der Waals surface area contributed by atoms with Crippen LogP contribution in [0.2, 0.25) is 5.02 Å². The first-order chi connectivity index (χ1) is 9.97. The van der Waals surface area contributed by atoms with Crippen molar-refractivity contribution in [2.45, 2.75) is 11.8 Å². The molecule has 0 aromatic heterocycles. The maximum absolute atomic E-state index is 14.0. The van der Waals surface area contributed by atoms with Crippen molar-refractivity contribution in [2.24, 2.45) is 0 Å². The molecule has 0 amide bonds. The first-order valence-electron chi connectivity index (χ1n) is 6.29. The molecule has 2 aromatic rings. The van der Waals surface area contributed by atoms with Gasteiger partial charge >= 0.3 is 0 Å². The molecule has 0 bridgehead atoms. The Bertz CT molecular complexity index is 661. The van der Waals surface area contributed by atoms with E-state index in [0.29, 0.717) is 22.1 Å². The smallest absolute Gasteiger partial charge is 0.162 e. The minimum atomic E-state index is -0.371. The van der Waals surface area contributed by atoms with Gasteiger partial charge in [-0.25, -0.2) is 4.39 Å². The summed E-state index contributed by atoms with van der Waals surface area (Å²) in [6.45, 7) is 1.92. The molecule has 0 heterocycles. The monoisotopic (exact) mass is 372 g/mol. The van der Waals surface area contributed by atoms with Crippen LogP contribution in [0.15, 0.2) is 30.3 Å². The molecule has 0 N–H and O–H groups in total. The average Bonchev–Trinajstić information content (AvgIpc) is 2.48. The van der Waals surface area contributed by atoms with Crippen molar-refractivity contribution < 1.29 is 13.9 Å². The lowest BCUT2D eigenvalue weighted by Crippen LogP contribution is -2.00. The predicted molar refractivity (Wildman–Crippen MR) is 86.5 cm³/mol. The van der Waals surface area contributed by atoms with Gasteiger partial charge in [-0.1, -0.05) is 45.2 Å². The molecule has 1 unspecified atom stereocenters. The van der Waals surface area contributed by atoms with Crippen LogP contribution in [0.5, 0.6) is 11.5 Å². The number of rotatable bonds is 4. The van der Waals surface area contributed by atoms with Gasteiger partial charge in [0.25, 0.3) is 0 Å². The fourth-order valence-corrected chi connectivity index (χ4v) is 3.21. The van der Waals surface area contributed by atoms with Crippen molar-refractivity contribution in [2.75, 3.05) is 14.2 Å². The zero-order chi connectivity index (χ0) is 15.6. The van der Waals surface area contributed by atoms with Crippen LogP contribution < -0.4 is 9.47 Å². The molecule has 2 rings (SSSR count). The molecule has 0 saturated heterocycles. The van der Waals surface area contributed by atoms with Crippen LogP contribution in [0.1, 0.15) is 21.5 Å². The highest BCUT2D eigenvalue weighted by molar-refractivity contribution is 9.09. The van der Waals surface area contributed by atoms with Gasteiger partial charge in [0.1, 0.15) is 5.82 Å². The van der Waals surface area contributed by atoms with E-state index in [4.69, 9.17) is 21.1 Å². The minimum absolute atomic E-state index is 0.284. The van der Waals surface area contributed by atoms with E-state index in [0.717, 1.165) is 11.1 Å². The fourth-order valence-electron chi connectivity index (χ4n) is 2.09. The van der Waals surface area contributed by atoms with Gasteiger partial charge < -0.3 is 9.47 Å². The van der Waals surface area contributed by atoms with Crippen molar-refractivity contribution in [3.63, 3.8) is 0 Å². The van der Waals surface area contributed by atoms with E-state index in [9.17, 15) is 4.39 Å². The van der Waals surface area contributed by atoms with E-state index < -0.39 is 0 Å². The van der Waals surface area contributed by atoms with Crippen molar-refractivity contribution in [1.29, 1.82) is 0 Å². The summed E-state index contributed by atoms with van der Waals surface area (Å²) in [6.07, 6.45) is 0. The second kappa shape index (κ2) is 6.67. The van der Waals surface area contributed by atoms with Crippen molar-refractivity contribution >= 4 is 27.5 Å². The maximum atomic E-state index is 14.0. The third kappa shape index (κ3) is 3.33. The third-order valence-electron chi connectivity index (χ3n) is 3.20. The highest BCUT2D eigenvalue weighted by Gasteiger charge is 2.20. The Morgan fingerprint density at radius 1 is 1.05 bits per heavy atom. The van der Waals surface area contributed by atoms with Crippen molar-refractivity contribution in [3.8, 4) is 11.5 Å². The molecule has 0 aliphatic carbocycles. The van der Waals surface area contributed by atoms with Gasteiger partial charge in [-0.15, -0.1) is 0 Å². The molecule has 112 valence electrons. The highest BCUT2D eigenvalue weighted by atomic mass is 79.9. The van der Waals surface area contributed by atoms with Crippen LogP contribution in [0, 0.1) is 12.7 Å². The van der Waals surface area contributed by atoms with E-state index in [-0.39, 0.29) is 10.6 Å². The quantitative estimate of drug-likeness (QED) is 0.678. The van der Waals surface area contributed by atoms with Crippen LogP contribution in [0.25, 0.3) is 0 Å². The number of methoxy groups -OCH3 is 2. The Morgan fingerprint density at radius 2 is 1.67 bits per heavy atom. The van der Waals surface area contributed by atoms with Gasteiger partial charge in [0.15, 0.2) is 11.5 Å². The molecular weight excluding hydrogens is 359 g/mol. The van der Waals surface area contributed by atoms with Crippen LogP contribution >= 0.6 is 27.5 Å². The van der Waals surface area contributed by atoms with E-state index in [1.54, 1.807) is 38.5 Å². The van der Waals surface area contributed by atoms with Crippen LogP contribution in [-0.4, -0.2) is 14.2 Å². The lowest BCUT2D eigenvalue weighted by Gasteiger charge is -2.17. The number of ether oxygens (including phenoxy) is 2. The van der Waals surface area contributed by atoms with Crippen LogP contribution in [-0.2, 0) is 0 Å². The number of alkyl halides is 1. The van der Waals surface area contributed by atoms with E-state index >= 15 is 0 Å². The summed E-state index contributed by atoms with van der Waals surface area (Å²) in [5.41, 5.74) is 2.23. The Hall–Kier alpha value is -1.26. The Morgan fingerprint density at radius 3 is 2.29 bits per heavy atom. The average molecular weight is 374 g/mol. The third-order valence-corrected chi connectivity index (χ3v) is 4.51. The van der Waals surface area contributed by atoms with Crippen molar-refractivity contribution in [3.05, 3.63) is 57.9 Å². The normalized spacial score (nSPS) is 12.1. The van der Waals surface area contributed by atoms with Gasteiger partial charge in [0.2, 0.25) is 0 Å².